The molecule has 0 aliphatic carbocycles. The second-order valence-corrected chi connectivity index (χ2v) is 8.58. The second-order valence-electron chi connectivity index (χ2n) is 5.50. The molecule has 0 amide bonds. The smallest absolute Gasteiger partial charge is 0.339 e. The Bertz CT molecular complexity index is 1150. The fraction of sp³-hybridized carbons (Fsp3) is 0.0588. The Labute approximate surface area is 146 Å². The maximum absolute atomic E-state index is 12.5. The lowest BCUT2D eigenvalue weighted by Gasteiger charge is -2.11. The monoisotopic (exact) mass is 377 g/mol. The first-order valence-electron chi connectivity index (χ1n) is 7.24. The molecule has 8 heteroatoms. The Morgan fingerprint density at radius 2 is 1.40 bits per heavy atom. The number of sulfonamides is 1. The molecule has 0 aliphatic heterocycles. The summed E-state index contributed by atoms with van der Waals surface area (Å²) >= 11 is 0. The normalized spacial score (nSPS) is 12.2. The molecule has 0 bridgehead atoms. The maximum Gasteiger partial charge on any atom is 0.339 e. The molecule has 3 aromatic carbocycles. The fourth-order valence-corrected chi connectivity index (χ4v) is 4.14. The maximum atomic E-state index is 12.5. The van der Waals surface area contributed by atoms with Gasteiger partial charge in [-0.1, -0.05) is 42.0 Å². The number of rotatable bonds is 4. The third-order valence-electron chi connectivity index (χ3n) is 3.66. The predicted molar refractivity (Wildman–Crippen MR) is 94.3 cm³/mol. The molecule has 130 valence electrons. The minimum atomic E-state index is -4.05. The van der Waals surface area contributed by atoms with E-state index in [9.17, 15) is 16.8 Å². The summed E-state index contributed by atoms with van der Waals surface area (Å²) in [5.74, 6) is 0.0311. The van der Waals surface area contributed by atoms with Crippen LogP contribution in [-0.2, 0) is 20.1 Å². The zero-order valence-electron chi connectivity index (χ0n) is 13.2. The third kappa shape index (κ3) is 3.51. The summed E-state index contributed by atoms with van der Waals surface area (Å²) in [7, 11) is -8.00. The van der Waals surface area contributed by atoms with Crippen molar-refractivity contribution in [2.75, 3.05) is 0 Å². The van der Waals surface area contributed by atoms with Gasteiger partial charge in [0, 0.05) is 10.8 Å². The Hall–Kier alpha value is -2.42. The quantitative estimate of drug-likeness (QED) is 0.704. The van der Waals surface area contributed by atoms with Crippen LogP contribution < -0.4 is 9.32 Å². The van der Waals surface area contributed by atoms with Crippen LogP contribution in [-0.4, -0.2) is 16.8 Å². The Morgan fingerprint density at radius 1 is 0.800 bits per heavy atom. The molecule has 0 aliphatic rings. The van der Waals surface area contributed by atoms with Gasteiger partial charge in [-0.3, -0.25) is 0 Å². The van der Waals surface area contributed by atoms with Gasteiger partial charge in [0.25, 0.3) is 0 Å². The van der Waals surface area contributed by atoms with Crippen LogP contribution in [0.15, 0.2) is 70.5 Å². The van der Waals surface area contributed by atoms with Gasteiger partial charge >= 0.3 is 10.1 Å². The molecule has 0 unspecified atom stereocenters. The molecule has 0 saturated carbocycles. The van der Waals surface area contributed by atoms with E-state index in [0.29, 0.717) is 10.8 Å². The molecule has 0 spiro atoms. The molecule has 0 atom stereocenters. The minimum Gasteiger partial charge on any atom is -0.378 e. The van der Waals surface area contributed by atoms with E-state index in [4.69, 9.17) is 9.32 Å². The lowest BCUT2D eigenvalue weighted by molar-refractivity contribution is 0.488. The Kier molecular flexibility index (Phi) is 4.28. The van der Waals surface area contributed by atoms with Crippen molar-refractivity contribution < 1.29 is 21.0 Å². The van der Waals surface area contributed by atoms with Gasteiger partial charge in [0.15, 0.2) is 5.75 Å². The van der Waals surface area contributed by atoms with Gasteiger partial charge in [-0.25, -0.2) is 13.6 Å². The fourth-order valence-electron chi connectivity index (χ4n) is 2.44. The van der Waals surface area contributed by atoms with Crippen LogP contribution in [0.25, 0.3) is 10.8 Å². The SMILES string of the molecule is Cc1ccc(S(=O)(=O)Oc2cccc3c(S(N)(=O)=O)cccc23)cc1. The average molecular weight is 377 g/mol. The van der Waals surface area contributed by atoms with Crippen molar-refractivity contribution in [3.05, 3.63) is 66.2 Å². The highest BCUT2D eigenvalue weighted by Crippen LogP contribution is 2.31. The lowest BCUT2D eigenvalue weighted by atomic mass is 10.1. The molecular formula is C17H15NO5S2. The summed E-state index contributed by atoms with van der Waals surface area (Å²) in [4.78, 5) is -0.0825. The number of aryl methyl sites for hydroxylation is 1. The molecule has 25 heavy (non-hydrogen) atoms. The molecule has 0 fully saturated rings. The van der Waals surface area contributed by atoms with Gasteiger partial charge < -0.3 is 4.18 Å². The van der Waals surface area contributed by atoms with Crippen LogP contribution >= 0.6 is 0 Å². The third-order valence-corrected chi connectivity index (χ3v) is 5.88. The summed E-state index contributed by atoms with van der Waals surface area (Å²) in [6.45, 7) is 1.84. The van der Waals surface area contributed by atoms with Crippen molar-refractivity contribution in [3.63, 3.8) is 0 Å². The van der Waals surface area contributed by atoms with Crippen molar-refractivity contribution in [1.82, 2.24) is 0 Å². The van der Waals surface area contributed by atoms with E-state index in [1.54, 1.807) is 24.3 Å². The minimum absolute atomic E-state index is 0.0118. The highest BCUT2D eigenvalue weighted by atomic mass is 32.2. The van der Waals surface area contributed by atoms with Gasteiger partial charge in [-0.2, -0.15) is 8.42 Å². The molecular weight excluding hydrogens is 362 g/mol. The first-order chi connectivity index (χ1) is 11.7. The first-order valence-corrected chi connectivity index (χ1v) is 10.2. The highest BCUT2D eigenvalue weighted by Gasteiger charge is 2.19. The highest BCUT2D eigenvalue weighted by molar-refractivity contribution is 7.89. The van der Waals surface area contributed by atoms with E-state index in [0.717, 1.165) is 5.56 Å². The molecule has 0 aromatic heterocycles. The van der Waals surface area contributed by atoms with E-state index in [-0.39, 0.29) is 15.5 Å². The average Bonchev–Trinajstić information content (AvgIpc) is 2.54. The standard InChI is InChI=1S/C17H15NO5S2/c1-12-8-10-13(11-9-12)25(21,22)23-16-6-2-5-15-14(16)4-3-7-17(15)24(18,19)20/h2-11H,1H3,(H2,18,19,20). The van der Waals surface area contributed by atoms with E-state index in [1.165, 1.54) is 36.4 Å². The van der Waals surface area contributed by atoms with Gasteiger partial charge in [0.2, 0.25) is 10.0 Å². The number of hydrogen-bond acceptors (Lipinski definition) is 5. The number of nitrogens with two attached hydrogens (primary N) is 1. The Balaban J connectivity index is 2.13. The van der Waals surface area contributed by atoms with E-state index in [2.05, 4.69) is 0 Å². The van der Waals surface area contributed by atoms with Gasteiger partial charge in [-0.05, 0) is 31.2 Å². The zero-order valence-corrected chi connectivity index (χ0v) is 14.8. The number of fused-ring (bicyclic) bond motifs is 1. The van der Waals surface area contributed by atoms with Crippen LogP contribution in [0.2, 0.25) is 0 Å². The molecule has 3 rings (SSSR count). The number of primary sulfonamides is 1. The first kappa shape index (κ1) is 17.4. The van der Waals surface area contributed by atoms with Crippen molar-refractivity contribution in [3.8, 4) is 5.75 Å². The topological polar surface area (TPSA) is 104 Å². The number of benzene rings is 3. The van der Waals surface area contributed by atoms with E-state index in [1.807, 2.05) is 6.92 Å². The van der Waals surface area contributed by atoms with Crippen molar-refractivity contribution in [2.45, 2.75) is 16.7 Å². The molecule has 2 N–H and O–H groups in total. The van der Waals surface area contributed by atoms with Crippen LogP contribution in [0.1, 0.15) is 5.56 Å². The summed E-state index contributed by atoms with van der Waals surface area (Å²) in [6.07, 6.45) is 0. The van der Waals surface area contributed by atoms with Crippen LogP contribution in [0, 0.1) is 6.92 Å². The molecule has 0 radical (unpaired) electrons. The largest absolute Gasteiger partial charge is 0.378 e. The van der Waals surface area contributed by atoms with Gasteiger partial charge in [-0.15, -0.1) is 0 Å². The van der Waals surface area contributed by atoms with Crippen molar-refractivity contribution in [1.29, 1.82) is 0 Å². The molecule has 6 nitrogen and oxygen atoms in total. The van der Waals surface area contributed by atoms with E-state index < -0.39 is 20.1 Å². The molecule has 3 aromatic rings. The lowest BCUT2D eigenvalue weighted by Crippen LogP contribution is -2.13. The number of hydrogen-bond donors (Lipinski definition) is 1. The van der Waals surface area contributed by atoms with Crippen LogP contribution in [0.5, 0.6) is 5.75 Å². The van der Waals surface area contributed by atoms with Gasteiger partial charge in [0.05, 0.1) is 4.90 Å². The summed E-state index contributed by atoms with van der Waals surface area (Å²) < 4.78 is 53.6. The summed E-state index contributed by atoms with van der Waals surface area (Å²) in [5, 5.41) is 5.85. The summed E-state index contributed by atoms with van der Waals surface area (Å²) in [5.41, 5.74) is 0.918. The zero-order chi connectivity index (χ0) is 18.2. The molecule has 0 saturated heterocycles. The van der Waals surface area contributed by atoms with Crippen LogP contribution in [0.3, 0.4) is 0 Å². The molecule has 0 heterocycles. The Morgan fingerprint density at radius 3 is 2.04 bits per heavy atom. The van der Waals surface area contributed by atoms with Crippen molar-refractivity contribution in [2.24, 2.45) is 5.14 Å². The van der Waals surface area contributed by atoms with Gasteiger partial charge in [0.1, 0.15) is 4.90 Å². The van der Waals surface area contributed by atoms with Crippen LogP contribution in [0.4, 0.5) is 0 Å². The second kappa shape index (κ2) is 6.14. The summed E-state index contributed by atoms with van der Waals surface area (Å²) in [6, 6.07) is 15.2. The van der Waals surface area contributed by atoms with E-state index >= 15 is 0 Å². The van der Waals surface area contributed by atoms with Crippen molar-refractivity contribution >= 4 is 30.9 Å². The predicted octanol–water partition coefficient (Wildman–Crippen LogP) is 2.56.